The summed E-state index contributed by atoms with van der Waals surface area (Å²) in [5.41, 5.74) is 0.943. The van der Waals surface area contributed by atoms with Crippen LogP contribution in [0, 0.1) is 5.92 Å². The Morgan fingerprint density at radius 1 is 1.04 bits per heavy atom. The maximum atomic E-state index is 13.3. The van der Waals surface area contributed by atoms with E-state index in [1.54, 1.807) is 14.2 Å². The van der Waals surface area contributed by atoms with Crippen LogP contribution >= 0.6 is 0 Å². The van der Waals surface area contributed by atoms with Crippen LogP contribution < -0.4 is 9.47 Å². The second kappa shape index (κ2) is 8.63. The molecule has 2 fully saturated rings. The van der Waals surface area contributed by atoms with Crippen molar-refractivity contribution < 1.29 is 19.1 Å². The lowest BCUT2D eigenvalue weighted by atomic mass is 9.86. The van der Waals surface area contributed by atoms with Crippen molar-refractivity contribution in [2.75, 3.05) is 40.4 Å². The number of likely N-dealkylation sites (tertiary alicyclic amines) is 2. The summed E-state index contributed by atoms with van der Waals surface area (Å²) in [5.74, 6) is 1.41. The Kier molecular flexibility index (Phi) is 6.24. The molecule has 2 heterocycles. The Morgan fingerprint density at radius 2 is 1.78 bits per heavy atom. The number of rotatable bonds is 5. The molecule has 6 heteroatoms. The van der Waals surface area contributed by atoms with Crippen LogP contribution in [0.1, 0.15) is 44.1 Å². The van der Waals surface area contributed by atoms with E-state index in [1.165, 1.54) is 6.42 Å². The van der Waals surface area contributed by atoms with Gasteiger partial charge in [-0.25, -0.2) is 0 Å². The molecule has 3 rings (SSSR count). The number of carbonyl (C=O) groups is 2. The number of ether oxygens (including phenoxy) is 2. The topological polar surface area (TPSA) is 59.1 Å². The highest BCUT2D eigenvalue weighted by Gasteiger charge is 2.43. The SMILES string of the molecule is CCC(=O)N1C[C@@H](C(=O)N2CCCCC2)[C@H](c2cc(OC)ccc2OC)C1. The number of benzene rings is 1. The molecule has 2 saturated heterocycles. The van der Waals surface area contributed by atoms with Gasteiger partial charge in [0, 0.05) is 44.1 Å². The summed E-state index contributed by atoms with van der Waals surface area (Å²) >= 11 is 0. The fraction of sp³-hybridized carbons (Fsp3) is 0.619. The van der Waals surface area contributed by atoms with Gasteiger partial charge >= 0.3 is 0 Å². The molecular weight excluding hydrogens is 344 g/mol. The number of methoxy groups -OCH3 is 2. The van der Waals surface area contributed by atoms with E-state index in [2.05, 4.69) is 0 Å². The molecule has 27 heavy (non-hydrogen) atoms. The van der Waals surface area contributed by atoms with Crippen LogP contribution in [0.2, 0.25) is 0 Å². The molecule has 0 aromatic heterocycles. The van der Waals surface area contributed by atoms with Crippen LogP contribution in [0.25, 0.3) is 0 Å². The summed E-state index contributed by atoms with van der Waals surface area (Å²) < 4.78 is 11.0. The lowest BCUT2D eigenvalue weighted by Crippen LogP contribution is -2.42. The lowest BCUT2D eigenvalue weighted by Gasteiger charge is -2.31. The van der Waals surface area contributed by atoms with Gasteiger partial charge in [-0.1, -0.05) is 6.92 Å². The van der Waals surface area contributed by atoms with Crippen LogP contribution in [0.15, 0.2) is 18.2 Å². The van der Waals surface area contributed by atoms with E-state index in [1.807, 2.05) is 34.9 Å². The van der Waals surface area contributed by atoms with Crippen molar-refractivity contribution in [1.29, 1.82) is 0 Å². The highest BCUT2D eigenvalue weighted by Crippen LogP contribution is 2.40. The van der Waals surface area contributed by atoms with Crippen molar-refractivity contribution in [1.82, 2.24) is 9.80 Å². The minimum Gasteiger partial charge on any atom is -0.497 e. The summed E-state index contributed by atoms with van der Waals surface area (Å²) in [6, 6.07) is 5.68. The monoisotopic (exact) mass is 374 g/mol. The zero-order valence-corrected chi connectivity index (χ0v) is 16.6. The predicted octanol–water partition coefficient (Wildman–Crippen LogP) is 2.67. The minimum absolute atomic E-state index is 0.0834. The van der Waals surface area contributed by atoms with Crippen molar-refractivity contribution in [2.45, 2.75) is 38.5 Å². The predicted molar refractivity (Wildman–Crippen MR) is 103 cm³/mol. The largest absolute Gasteiger partial charge is 0.497 e. The van der Waals surface area contributed by atoms with Gasteiger partial charge in [0.15, 0.2) is 0 Å². The van der Waals surface area contributed by atoms with Crippen molar-refractivity contribution in [3.63, 3.8) is 0 Å². The zero-order valence-electron chi connectivity index (χ0n) is 16.6. The molecule has 1 aromatic rings. The third kappa shape index (κ3) is 4.04. The number of nitrogens with zero attached hydrogens (tertiary/aromatic N) is 2. The van der Waals surface area contributed by atoms with E-state index in [0.29, 0.717) is 19.5 Å². The molecule has 0 spiro atoms. The smallest absolute Gasteiger partial charge is 0.228 e. The Hall–Kier alpha value is -2.24. The molecule has 1 aromatic carbocycles. The molecule has 2 aliphatic rings. The third-order valence-corrected chi connectivity index (χ3v) is 5.80. The molecule has 0 aliphatic carbocycles. The fourth-order valence-electron chi connectivity index (χ4n) is 4.27. The molecule has 2 atom stereocenters. The molecule has 0 saturated carbocycles. The first-order chi connectivity index (χ1) is 13.1. The number of carbonyl (C=O) groups excluding carboxylic acids is 2. The number of hydrogen-bond donors (Lipinski definition) is 0. The number of amides is 2. The highest BCUT2D eigenvalue weighted by molar-refractivity contribution is 5.83. The van der Waals surface area contributed by atoms with Crippen molar-refractivity contribution in [3.8, 4) is 11.5 Å². The Balaban J connectivity index is 1.94. The van der Waals surface area contributed by atoms with Crippen LogP contribution in [0.3, 0.4) is 0 Å². The second-order valence-electron chi connectivity index (χ2n) is 7.36. The highest BCUT2D eigenvalue weighted by atomic mass is 16.5. The molecule has 148 valence electrons. The van der Waals surface area contributed by atoms with Crippen molar-refractivity contribution in [3.05, 3.63) is 23.8 Å². The Morgan fingerprint density at radius 3 is 2.41 bits per heavy atom. The van der Waals surface area contributed by atoms with E-state index in [-0.39, 0.29) is 23.7 Å². The van der Waals surface area contributed by atoms with Gasteiger partial charge in [0.25, 0.3) is 0 Å². The summed E-state index contributed by atoms with van der Waals surface area (Å²) in [4.78, 5) is 29.5. The fourth-order valence-corrected chi connectivity index (χ4v) is 4.27. The molecule has 2 amide bonds. The molecule has 6 nitrogen and oxygen atoms in total. The van der Waals surface area contributed by atoms with E-state index in [9.17, 15) is 9.59 Å². The maximum Gasteiger partial charge on any atom is 0.228 e. The third-order valence-electron chi connectivity index (χ3n) is 5.80. The van der Waals surface area contributed by atoms with E-state index in [0.717, 1.165) is 43.0 Å². The molecule has 0 bridgehead atoms. The average Bonchev–Trinajstić information content (AvgIpc) is 3.18. The normalized spacial score (nSPS) is 22.6. The number of hydrogen-bond acceptors (Lipinski definition) is 4. The molecule has 0 N–H and O–H groups in total. The zero-order chi connectivity index (χ0) is 19.4. The van der Waals surface area contributed by atoms with E-state index >= 15 is 0 Å². The lowest BCUT2D eigenvalue weighted by molar-refractivity contribution is -0.136. The van der Waals surface area contributed by atoms with E-state index < -0.39 is 0 Å². The van der Waals surface area contributed by atoms with Gasteiger partial charge in [-0.15, -0.1) is 0 Å². The van der Waals surface area contributed by atoms with Gasteiger partial charge in [0.05, 0.1) is 20.1 Å². The first-order valence-electron chi connectivity index (χ1n) is 9.87. The van der Waals surface area contributed by atoms with Crippen LogP contribution in [-0.2, 0) is 9.59 Å². The van der Waals surface area contributed by atoms with Crippen molar-refractivity contribution in [2.24, 2.45) is 5.92 Å². The summed E-state index contributed by atoms with van der Waals surface area (Å²) in [6.07, 6.45) is 3.75. The van der Waals surface area contributed by atoms with Gasteiger partial charge in [-0.3, -0.25) is 9.59 Å². The Labute approximate surface area is 161 Å². The minimum atomic E-state index is -0.236. The molecule has 2 aliphatic heterocycles. The summed E-state index contributed by atoms with van der Waals surface area (Å²) in [6.45, 7) is 4.52. The Bertz CT molecular complexity index is 685. The van der Waals surface area contributed by atoms with Gasteiger partial charge in [-0.05, 0) is 37.5 Å². The maximum absolute atomic E-state index is 13.3. The van der Waals surface area contributed by atoms with Crippen LogP contribution in [0.4, 0.5) is 0 Å². The van der Waals surface area contributed by atoms with Crippen LogP contribution in [0.5, 0.6) is 11.5 Å². The average molecular weight is 374 g/mol. The summed E-state index contributed by atoms with van der Waals surface area (Å²) in [5, 5.41) is 0. The second-order valence-corrected chi connectivity index (χ2v) is 7.36. The quantitative estimate of drug-likeness (QED) is 0.795. The first kappa shape index (κ1) is 19.5. The van der Waals surface area contributed by atoms with Crippen molar-refractivity contribution >= 4 is 11.8 Å². The number of piperidine rings is 1. The van der Waals surface area contributed by atoms with Gasteiger partial charge in [0.2, 0.25) is 11.8 Å². The summed E-state index contributed by atoms with van der Waals surface area (Å²) in [7, 11) is 3.26. The molecule has 0 unspecified atom stereocenters. The standard InChI is InChI=1S/C21H30N2O4/c1-4-20(24)23-13-17(16-12-15(26-2)8-9-19(16)27-3)18(14-23)21(25)22-10-6-5-7-11-22/h8-9,12,17-18H,4-7,10-11,13-14H2,1-3H3/t17-,18+/m0/s1. The van der Waals surface area contributed by atoms with Crippen LogP contribution in [-0.4, -0.2) is 62.0 Å². The van der Waals surface area contributed by atoms with Gasteiger partial charge in [-0.2, -0.15) is 0 Å². The van der Waals surface area contributed by atoms with Gasteiger partial charge in [0.1, 0.15) is 11.5 Å². The van der Waals surface area contributed by atoms with E-state index in [4.69, 9.17) is 9.47 Å². The van der Waals surface area contributed by atoms with Gasteiger partial charge < -0.3 is 19.3 Å². The molecular formula is C21H30N2O4. The first-order valence-corrected chi connectivity index (χ1v) is 9.87. The molecule has 0 radical (unpaired) electrons.